The lowest BCUT2D eigenvalue weighted by atomic mass is 9.93. The van der Waals surface area contributed by atoms with Crippen molar-refractivity contribution in [1.82, 2.24) is 20.2 Å². The quantitative estimate of drug-likeness (QED) is 0.366. The number of amides is 1. The molecule has 37 heavy (non-hydrogen) atoms. The molecule has 0 radical (unpaired) electrons. The van der Waals surface area contributed by atoms with Crippen LogP contribution in [0.15, 0.2) is 79.1 Å². The first-order chi connectivity index (χ1) is 17.7. The SMILES string of the molecule is CC(C)(C)NCc1ccccc1-c1ccc(C2NCc3ncn(-c4cccc(C(N)=O)c4)c3C2=O)cc1. The second-order valence-electron chi connectivity index (χ2n) is 10.4. The molecule has 188 valence electrons. The molecular formula is C30H31N5O2. The highest BCUT2D eigenvalue weighted by atomic mass is 16.1. The number of nitrogens with zero attached hydrogens (tertiary/aromatic N) is 2. The third kappa shape index (κ3) is 5.09. The summed E-state index contributed by atoms with van der Waals surface area (Å²) in [7, 11) is 0. The van der Waals surface area contributed by atoms with Crippen molar-refractivity contribution < 1.29 is 9.59 Å². The summed E-state index contributed by atoms with van der Waals surface area (Å²) in [5, 5.41) is 6.90. The maximum Gasteiger partial charge on any atom is 0.248 e. The van der Waals surface area contributed by atoms with E-state index in [2.05, 4.69) is 66.7 Å². The van der Waals surface area contributed by atoms with Crippen LogP contribution in [0.25, 0.3) is 16.8 Å². The molecule has 5 rings (SSSR count). The fourth-order valence-electron chi connectivity index (χ4n) is 4.65. The van der Waals surface area contributed by atoms with Gasteiger partial charge in [-0.2, -0.15) is 0 Å². The Balaban J connectivity index is 1.42. The van der Waals surface area contributed by atoms with E-state index < -0.39 is 11.9 Å². The molecule has 0 saturated carbocycles. The highest BCUT2D eigenvalue weighted by Gasteiger charge is 2.32. The number of nitrogens with two attached hydrogens (primary N) is 1. The number of hydrogen-bond acceptors (Lipinski definition) is 5. The zero-order valence-corrected chi connectivity index (χ0v) is 21.3. The van der Waals surface area contributed by atoms with E-state index in [1.54, 1.807) is 29.1 Å². The second-order valence-corrected chi connectivity index (χ2v) is 10.4. The van der Waals surface area contributed by atoms with Crippen molar-refractivity contribution in [3.63, 3.8) is 0 Å². The highest BCUT2D eigenvalue weighted by molar-refractivity contribution is 6.02. The summed E-state index contributed by atoms with van der Waals surface area (Å²) < 4.78 is 1.74. The first-order valence-corrected chi connectivity index (χ1v) is 12.4. The van der Waals surface area contributed by atoms with Gasteiger partial charge in [0.05, 0.1) is 11.7 Å². The number of imidazole rings is 1. The lowest BCUT2D eigenvalue weighted by Gasteiger charge is -2.24. The molecule has 1 unspecified atom stereocenters. The van der Waals surface area contributed by atoms with E-state index >= 15 is 0 Å². The van der Waals surface area contributed by atoms with Gasteiger partial charge in [-0.25, -0.2) is 4.98 Å². The summed E-state index contributed by atoms with van der Waals surface area (Å²) in [6.07, 6.45) is 1.62. The monoisotopic (exact) mass is 493 g/mol. The number of rotatable bonds is 6. The van der Waals surface area contributed by atoms with E-state index in [-0.39, 0.29) is 11.3 Å². The highest BCUT2D eigenvalue weighted by Crippen LogP contribution is 2.30. The van der Waals surface area contributed by atoms with Crippen molar-refractivity contribution >= 4 is 11.7 Å². The molecule has 1 aliphatic rings. The summed E-state index contributed by atoms with van der Waals surface area (Å²) in [4.78, 5) is 29.8. The molecule has 7 heteroatoms. The van der Waals surface area contributed by atoms with Crippen LogP contribution in [0.2, 0.25) is 0 Å². The fourth-order valence-corrected chi connectivity index (χ4v) is 4.65. The van der Waals surface area contributed by atoms with Gasteiger partial charge in [0.15, 0.2) is 0 Å². The van der Waals surface area contributed by atoms with Gasteiger partial charge in [0, 0.05) is 29.9 Å². The summed E-state index contributed by atoms with van der Waals surface area (Å²) in [6, 6.07) is 23.0. The van der Waals surface area contributed by atoms with Crippen molar-refractivity contribution in [3.8, 4) is 16.8 Å². The van der Waals surface area contributed by atoms with Gasteiger partial charge in [-0.05, 0) is 61.2 Å². The Bertz CT molecular complexity index is 1460. The Morgan fingerprint density at radius 2 is 1.84 bits per heavy atom. The molecule has 2 heterocycles. The molecule has 4 N–H and O–H groups in total. The topological polar surface area (TPSA) is 102 Å². The van der Waals surface area contributed by atoms with Gasteiger partial charge in [0.2, 0.25) is 11.7 Å². The third-order valence-electron chi connectivity index (χ3n) is 6.60. The predicted molar refractivity (Wildman–Crippen MR) is 144 cm³/mol. The van der Waals surface area contributed by atoms with Crippen molar-refractivity contribution in [3.05, 3.63) is 107 Å². The van der Waals surface area contributed by atoms with Crippen LogP contribution in [0.3, 0.4) is 0 Å². The van der Waals surface area contributed by atoms with Gasteiger partial charge < -0.3 is 11.1 Å². The summed E-state index contributed by atoms with van der Waals surface area (Å²) in [6.45, 7) is 7.71. The number of hydrogen-bond donors (Lipinski definition) is 3. The summed E-state index contributed by atoms with van der Waals surface area (Å²) in [5.74, 6) is -0.580. The average molecular weight is 494 g/mol. The van der Waals surface area contributed by atoms with Crippen LogP contribution >= 0.6 is 0 Å². The molecule has 0 saturated heterocycles. The van der Waals surface area contributed by atoms with Gasteiger partial charge in [-0.3, -0.25) is 19.5 Å². The molecule has 0 spiro atoms. The lowest BCUT2D eigenvalue weighted by molar-refractivity contribution is 0.0922. The number of fused-ring (bicyclic) bond motifs is 1. The second kappa shape index (κ2) is 9.76. The molecule has 0 aliphatic carbocycles. The maximum atomic E-state index is 13.7. The van der Waals surface area contributed by atoms with E-state index in [0.717, 1.165) is 17.7 Å². The molecule has 4 aromatic rings. The summed E-state index contributed by atoms with van der Waals surface area (Å²) in [5.41, 5.74) is 12.1. The van der Waals surface area contributed by atoms with Crippen LogP contribution in [-0.2, 0) is 13.1 Å². The van der Waals surface area contributed by atoms with Crippen molar-refractivity contribution in [2.75, 3.05) is 0 Å². The summed E-state index contributed by atoms with van der Waals surface area (Å²) >= 11 is 0. The first-order valence-electron chi connectivity index (χ1n) is 12.4. The Morgan fingerprint density at radius 3 is 2.57 bits per heavy atom. The molecule has 3 aromatic carbocycles. The van der Waals surface area contributed by atoms with E-state index in [0.29, 0.717) is 29.2 Å². The zero-order chi connectivity index (χ0) is 26.2. The first kappa shape index (κ1) is 24.6. The van der Waals surface area contributed by atoms with Crippen LogP contribution in [0.5, 0.6) is 0 Å². The molecule has 1 aliphatic heterocycles. The number of carbonyl (C=O) groups excluding carboxylic acids is 2. The van der Waals surface area contributed by atoms with Crippen LogP contribution < -0.4 is 16.4 Å². The average Bonchev–Trinajstić information content (AvgIpc) is 3.33. The van der Waals surface area contributed by atoms with Crippen molar-refractivity contribution in [2.45, 2.75) is 45.4 Å². The number of carbonyl (C=O) groups is 2. The van der Waals surface area contributed by atoms with E-state index in [9.17, 15) is 9.59 Å². The van der Waals surface area contributed by atoms with Gasteiger partial charge in [0.25, 0.3) is 0 Å². The fraction of sp³-hybridized carbons (Fsp3) is 0.233. The zero-order valence-electron chi connectivity index (χ0n) is 21.3. The molecule has 7 nitrogen and oxygen atoms in total. The molecule has 1 aromatic heterocycles. The lowest BCUT2D eigenvalue weighted by Crippen LogP contribution is -2.35. The number of ketones is 1. The Hall–Kier alpha value is -4.07. The van der Waals surface area contributed by atoms with Gasteiger partial charge in [-0.15, -0.1) is 0 Å². The largest absolute Gasteiger partial charge is 0.366 e. The Morgan fingerprint density at radius 1 is 1.08 bits per heavy atom. The Kier molecular flexibility index (Phi) is 6.50. The normalized spacial score (nSPS) is 15.4. The van der Waals surface area contributed by atoms with Gasteiger partial charge in [0.1, 0.15) is 12.0 Å². The van der Waals surface area contributed by atoms with Crippen molar-refractivity contribution in [2.24, 2.45) is 5.73 Å². The maximum absolute atomic E-state index is 13.7. The third-order valence-corrected chi connectivity index (χ3v) is 6.60. The minimum atomic E-state index is -0.516. The number of primary amides is 1. The van der Waals surface area contributed by atoms with Crippen LogP contribution in [0.1, 0.15) is 64.5 Å². The minimum absolute atomic E-state index is 0.0243. The van der Waals surface area contributed by atoms with Crippen LogP contribution in [-0.4, -0.2) is 26.8 Å². The van der Waals surface area contributed by atoms with Crippen LogP contribution in [0.4, 0.5) is 0 Å². The number of benzene rings is 3. The number of aromatic nitrogens is 2. The number of Topliss-reactive ketones (excluding diaryl/α,β-unsaturated/α-hetero) is 1. The molecule has 1 amide bonds. The smallest absolute Gasteiger partial charge is 0.248 e. The standard InChI is InChI=1S/C30H31N5O2/c1-30(2,3)34-16-22-7-4-5-10-24(22)19-11-13-20(14-12-19)26-28(36)27-25(17-32-26)33-18-35(27)23-9-6-8-21(15-23)29(31)37/h4-15,18,26,32,34H,16-17H2,1-3H3,(H2,31,37). The molecular weight excluding hydrogens is 462 g/mol. The van der Waals surface area contributed by atoms with Gasteiger partial charge >= 0.3 is 0 Å². The van der Waals surface area contributed by atoms with E-state index in [4.69, 9.17) is 5.73 Å². The molecule has 0 fully saturated rings. The van der Waals surface area contributed by atoms with E-state index in [1.165, 1.54) is 11.1 Å². The van der Waals surface area contributed by atoms with Crippen molar-refractivity contribution in [1.29, 1.82) is 0 Å². The minimum Gasteiger partial charge on any atom is -0.366 e. The molecule has 0 bridgehead atoms. The van der Waals surface area contributed by atoms with Gasteiger partial charge in [-0.1, -0.05) is 54.6 Å². The van der Waals surface area contributed by atoms with Crippen LogP contribution in [0, 0.1) is 0 Å². The number of nitrogens with one attached hydrogen (secondary N) is 2. The predicted octanol–water partition coefficient (Wildman–Crippen LogP) is 4.55. The molecule has 1 atom stereocenters. The Labute approximate surface area is 216 Å². The van der Waals surface area contributed by atoms with E-state index in [1.807, 2.05) is 24.3 Å².